The molecule has 10 heteroatoms. The zero-order chi connectivity index (χ0) is 26.2. The normalized spacial score (nSPS) is 15.0. The van der Waals surface area contributed by atoms with Crippen molar-refractivity contribution >= 4 is 29.6 Å². The molecule has 0 spiro atoms. The molecule has 1 fully saturated rings. The standard InChI is InChI=1S/C27H34N6O4/c1-3-11-33(36-12-10-29-27(35)37-22-6-5-7-22)26(34)20-13-19-9-8-18(14-23(19)32-24(28)15-20)21-16-30-25(4-2)31-17-21/h8-9,13-14,16-17,22H,3-7,10-12,15H2,1-2H3,(H2,28,32)(H,29,35). The predicted molar refractivity (Wildman–Crippen MR) is 141 cm³/mol. The van der Waals surface area contributed by atoms with Gasteiger partial charge in [0.1, 0.15) is 17.8 Å². The zero-order valence-corrected chi connectivity index (χ0v) is 21.4. The van der Waals surface area contributed by atoms with E-state index in [1.54, 1.807) is 12.4 Å². The van der Waals surface area contributed by atoms with Crippen molar-refractivity contribution in [3.8, 4) is 11.1 Å². The SMILES string of the molecule is CCCN(OCCNC(=O)OC1CCC1)C(=O)C1=Cc2ccc(-c3cnc(CC)nc3)cc2N=C(N)C1. The first kappa shape index (κ1) is 26.3. The number of ether oxygens (including phenoxy) is 1. The van der Waals surface area contributed by atoms with Crippen molar-refractivity contribution in [3.63, 3.8) is 0 Å². The van der Waals surface area contributed by atoms with Crippen molar-refractivity contribution < 1.29 is 19.2 Å². The highest BCUT2D eigenvalue weighted by Gasteiger charge is 2.23. The van der Waals surface area contributed by atoms with Gasteiger partial charge in [-0.2, -0.15) is 0 Å². The van der Waals surface area contributed by atoms with Crippen LogP contribution in [0.2, 0.25) is 0 Å². The molecule has 1 aliphatic carbocycles. The molecule has 0 bridgehead atoms. The summed E-state index contributed by atoms with van der Waals surface area (Å²) in [6.45, 7) is 4.75. The molecule has 2 heterocycles. The lowest BCUT2D eigenvalue weighted by Gasteiger charge is -2.25. The van der Waals surface area contributed by atoms with E-state index < -0.39 is 6.09 Å². The fraction of sp³-hybridized carbons (Fsp3) is 0.444. The third-order valence-corrected chi connectivity index (χ3v) is 6.22. The minimum Gasteiger partial charge on any atom is -0.446 e. The molecule has 37 heavy (non-hydrogen) atoms. The molecule has 2 amide bonds. The Morgan fingerprint density at radius 1 is 1.16 bits per heavy atom. The number of benzene rings is 1. The number of fused-ring (bicyclic) bond motifs is 1. The second-order valence-electron chi connectivity index (χ2n) is 9.09. The predicted octanol–water partition coefficient (Wildman–Crippen LogP) is 3.93. The third-order valence-electron chi connectivity index (χ3n) is 6.22. The molecular formula is C27H34N6O4. The summed E-state index contributed by atoms with van der Waals surface area (Å²) in [6.07, 6.45) is 9.55. The summed E-state index contributed by atoms with van der Waals surface area (Å²) < 4.78 is 5.26. The van der Waals surface area contributed by atoms with Crippen LogP contribution in [-0.2, 0) is 20.8 Å². The molecule has 1 saturated carbocycles. The van der Waals surface area contributed by atoms with Gasteiger partial charge in [-0.3, -0.25) is 9.63 Å². The molecule has 0 saturated heterocycles. The van der Waals surface area contributed by atoms with Gasteiger partial charge in [-0.1, -0.05) is 26.0 Å². The number of amides is 2. The van der Waals surface area contributed by atoms with Crippen LogP contribution in [0.4, 0.5) is 10.5 Å². The number of aliphatic imine (C=N–C) groups is 1. The minimum absolute atomic E-state index is 0.0160. The Kier molecular flexibility index (Phi) is 8.84. The summed E-state index contributed by atoms with van der Waals surface area (Å²) in [6, 6.07) is 5.79. The second kappa shape index (κ2) is 12.4. The number of hydrogen-bond donors (Lipinski definition) is 2. The third kappa shape index (κ3) is 6.91. The molecule has 1 aliphatic heterocycles. The number of aryl methyl sites for hydroxylation is 1. The Morgan fingerprint density at radius 3 is 2.62 bits per heavy atom. The van der Waals surface area contributed by atoms with E-state index in [1.807, 2.05) is 38.1 Å². The number of carbonyl (C=O) groups excluding carboxylic acids is 2. The van der Waals surface area contributed by atoms with Gasteiger partial charge < -0.3 is 15.8 Å². The first-order chi connectivity index (χ1) is 18.0. The first-order valence-corrected chi connectivity index (χ1v) is 12.8. The lowest BCUT2D eigenvalue weighted by Crippen LogP contribution is -2.38. The Hall–Kier alpha value is -3.79. The van der Waals surface area contributed by atoms with Crippen LogP contribution in [0.25, 0.3) is 17.2 Å². The van der Waals surface area contributed by atoms with Crippen LogP contribution in [0.3, 0.4) is 0 Å². The van der Waals surface area contributed by atoms with Gasteiger partial charge in [-0.15, -0.1) is 0 Å². The summed E-state index contributed by atoms with van der Waals surface area (Å²) in [5.41, 5.74) is 9.94. The second-order valence-corrected chi connectivity index (χ2v) is 9.09. The molecule has 0 radical (unpaired) electrons. The maximum absolute atomic E-state index is 13.4. The zero-order valence-electron chi connectivity index (χ0n) is 21.4. The lowest BCUT2D eigenvalue weighted by molar-refractivity contribution is -0.181. The van der Waals surface area contributed by atoms with Crippen LogP contribution in [-0.4, -0.2) is 58.7 Å². The smallest absolute Gasteiger partial charge is 0.407 e. The number of amidine groups is 1. The van der Waals surface area contributed by atoms with Gasteiger partial charge in [-0.25, -0.2) is 24.8 Å². The number of aromatic nitrogens is 2. The van der Waals surface area contributed by atoms with E-state index in [1.165, 1.54) is 5.06 Å². The average Bonchev–Trinajstić information content (AvgIpc) is 3.05. The molecule has 2 aliphatic rings. The summed E-state index contributed by atoms with van der Waals surface area (Å²) in [5.74, 6) is 0.845. The Balaban J connectivity index is 1.43. The van der Waals surface area contributed by atoms with Crippen LogP contribution in [0, 0.1) is 0 Å². The van der Waals surface area contributed by atoms with Crippen LogP contribution in [0.5, 0.6) is 0 Å². The fourth-order valence-electron chi connectivity index (χ4n) is 3.97. The first-order valence-electron chi connectivity index (χ1n) is 12.8. The molecular weight excluding hydrogens is 472 g/mol. The quantitative estimate of drug-likeness (QED) is 0.369. The largest absolute Gasteiger partial charge is 0.446 e. The molecule has 10 nitrogen and oxygen atoms in total. The van der Waals surface area contributed by atoms with Gasteiger partial charge in [0.15, 0.2) is 0 Å². The Labute approximate surface area is 216 Å². The van der Waals surface area contributed by atoms with E-state index in [0.717, 1.165) is 48.2 Å². The maximum Gasteiger partial charge on any atom is 0.407 e. The summed E-state index contributed by atoms with van der Waals surface area (Å²) in [7, 11) is 0. The van der Waals surface area contributed by atoms with Crippen LogP contribution in [0.15, 0.2) is 41.2 Å². The maximum atomic E-state index is 13.4. The molecule has 2 aromatic rings. The molecule has 4 rings (SSSR count). The summed E-state index contributed by atoms with van der Waals surface area (Å²) in [4.78, 5) is 44.2. The van der Waals surface area contributed by atoms with Crippen molar-refractivity contribution in [3.05, 3.63) is 47.6 Å². The van der Waals surface area contributed by atoms with Gasteiger partial charge in [-0.05, 0) is 43.4 Å². The monoisotopic (exact) mass is 506 g/mol. The van der Waals surface area contributed by atoms with E-state index in [0.29, 0.717) is 30.1 Å². The number of hydrogen-bond acceptors (Lipinski definition) is 8. The molecule has 196 valence electrons. The minimum atomic E-state index is -0.457. The molecule has 0 unspecified atom stereocenters. The highest BCUT2D eigenvalue weighted by atomic mass is 16.7. The van der Waals surface area contributed by atoms with Gasteiger partial charge >= 0.3 is 6.09 Å². The van der Waals surface area contributed by atoms with Crippen LogP contribution in [0.1, 0.15) is 57.3 Å². The van der Waals surface area contributed by atoms with Gasteiger partial charge in [0.05, 0.1) is 12.3 Å². The van der Waals surface area contributed by atoms with Crippen molar-refractivity contribution in [2.45, 2.75) is 58.5 Å². The molecule has 0 atom stereocenters. The molecule has 1 aromatic heterocycles. The number of nitrogens with one attached hydrogen (secondary N) is 1. The van der Waals surface area contributed by atoms with E-state index >= 15 is 0 Å². The van der Waals surface area contributed by atoms with Crippen molar-refractivity contribution in [2.75, 3.05) is 19.7 Å². The van der Waals surface area contributed by atoms with E-state index in [-0.39, 0.29) is 31.6 Å². The Bertz CT molecular complexity index is 1170. The number of nitrogens with two attached hydrogens (primary N) is 1. The Morgan fingerprint density at radius 2 is 1.95 bits per heavy atom. The highest BCUT2D eigenvalue weighted by Crippen LogP contribution is 2.31. The number of alkyl carbamates (subject to hydrolysis) is 1. The van der Waals surface area contributed by atoms with Gasteiger partial charge in [0, 0.05) is 55.0 Å². The van der Waals surface area contributed by atoms with Crippen molar-refractivity contribution in [2.24, 2.45) is 10.7 Å². The average molecular weight is 507 g/mol. The van der Waals surface area contributed by atoms with Gasteiger partial charge in [0.2, 0.25) is 0 Å². The summed E-state index contributed by atoms with van der Waals surface area (Å²) >= 11 is 0. The number of nitrogens with zero attached hydrogens (tertiary/aromatic N) is 4. The molecule has 1 aromatic carbocycles. The number of hydroxylamine groups is 2. The summed E-state index contributed by atoms with van der Waals surface area (Å²) in [5, 5.41) is 3.99. The van der Waals surface area contributed by atoms with E-state index in [9.17, 15) is 9.59 Å². The van der Waals surface area contributed by atoms with E-state index in [2.05, 4.69) is 20.3 Å². The fourth-order valence-corrected chi connectivity index (χ4v) is 3.97. The van der Waals surface area contributed by atoms with Crippen LogP contribution < -0.4 is 11.1 Å². The number of carbonyl (C=O) groups is 2. The van der Waals surface area contributed by atoms with E-state index in [4.69, 9.17) is 15.3 Å². The number of rotatable bonds is 10. The highest BCUT2D eigenvalue weighted by molar-refractivity contribution is 6.05. The van der Waals surface area contributed by atoms with Gasteiger partial charge in [0.25, 0.3) is 5.91 Å². The molecule has 3 N–H and O–H groups in total. The topological polar surface area (TPSA) is 132 Å². The van der Waals surface area contributed by atoms with Crippen molar-refractivity contribution in [1.29, 1.82) is 0 Å². The van der Waals surface area contributed by atoms with Crippen LogP contribution >= 0.6 is 0 Å². The lowest BCUT2D eigenvalue weighted by atomic mass is 9.96. The van der Waals surface area contributed by atoms with Crippen molar-refractivity contribution in [1.82, 2.24) is 20.3 Å².